The second-order valence-corrected chi connectivity index (χ2v) is 8.77. The molecule has 0 heterocycles. The number of benzene rings is 2. The Kier molecular flexibility index (Phi) is 7.11. The van der Waals surface area contributed by atoms with Crippen LogP contribution in [0.25, 0.3) is 10.8 Å². The lowest BCUT2D eigenvalue weighted by atomic mass is 10.0. The van der Waals surface area contributed by atoms with Gasteiger partial charge in [-0.05, 0) is 35.0 Å². The Hall–Kier alpha value is -2.06. The Labute approximate surface area is 160 Å². The van der Waals surface area contributed by atoms with Gasteiger partial charge in [0.05, 0.1) is 11.1 Å². The van der Waals surface area contributed by atoms with Crippen LogP contribution in [-0.4, -0.2) is 40.4 Å². The van der Waals surface area contributed by atoms with Gasteiger partial charge in [0.15, 0.2) is 0 Å². The van der Waals surface area contributed by atoms with Gasteiger partial charge in [0, 0.05) is 28.4 Å². The fourth-order valence-electron chi connectivity index (χ4n) is 2.11. The number of phosphoric acid groups is 2. The summed E-state index contributed by atoms with van der Waals surface area (Å²) in [6, 6.07) is 8.84. The number of phosphoric ester groups is 2. The molecule has 0 unspecified atom stereocenters. The molecule has 0 aliphatic heterocycles. The van der Waals surface area contributed by atoms with Gasteiger partial charge in [0.1, 0.15) is 0 Å². The topological polar surface area (TPSA) is 124 Å². The molecule has 0 aliphatic carbocycles. The van der Waals surface area contributed by atoms with Crippen LogP contribution >= 0.6 is 15.6 Å². The molecule has 0 amide bonds. The molecule has 0 saturated carbocycles. The minimum Gasteiger partial charge on any atom is -0.367 e. The van der Waals surface area contributed by atoms with Crippen LogP contribution in [0.4, 0.5) is 0 Å². The van der Waals surface area contributed by atoms with Crippen LogP contribution in [0.3, 0.4) is 0 Å². The summed E-state index contributed by atoms with van der Waals surface area (Å²) in [5.74, 6) is -1.81. The van der Waals surface area contributed by atoms with E-state index >= 15 is 0 Å². The Balaban J connectivity index is 2.27. The zero-order valence-corrected chi connectivity index (χ0v) is 17.2. The maximum Gasteiger partial charge on any atom is 0.531 e. The molecule has 0 atom stereocenters. The van der Waals surface area contributed by atoms with Gasteiger partial charge in [0.2, 0.25) is 0 Å². The fourth-order valence-corrected chi connectivity index (χ4v) is 3.32. The second-order valence-electron chi connectivity index (χ2n) is 5.16. The normalized spacial score (nSPS) is 12.0. The van der Waals surface area contributed by atoms with Crippen molar-refractivity contribution in [1.29, 1.82) is 0 Å². The highest BCUT2D eigenvalue weighted by Gasteiger charge is 2.29. The third-order valence-electron chi connectivity index (χ3n) is 3.60. The summed E-state index contributed by atoms with van der Waals surface area (Å²) in [7, 11) is -3.59. The minimum absolute atomic E-state index is 0.0976. The summed E-state index contributed by atoms with van der Waals surface area (Å²) in [6.07, 6.45) is 0. The first-order chi connectivity index (χ1) is 13.2. The van der Waals surface area contributed by atoms with E-state index in [0.29, 0.717) is 10.8 Å². The zero-order valence-electron chi connectivity index (χ0n) is 15.4. The van der Waals surface area contributed by atoms with E-state index in [4.69, 9.17) is 9.05 Å². The van der Waals surface area contributed by atoms with E-state index < -0.39 is 27.6 Å². The quantitative estimate of drug-likeness (QED) is 0.566. The van der Waals surface area contributed by atoms with Gasteiger partial charge in [-0.3, -0.25) is 18.1 Å². The molecule has 0 radical (unpaired) electrons. The number of carbonyl (C=O) groups is 2. The van der Waals surface area contributed by atoms with Crippen molar-refractivity contribution in [3.8, 4) is 0 Å². The van der Waals surface area contributed by atoms with E-state index in [0.717, 1.165) is 28.4 Å². The molecule has 0 aromatic heterocycles. The molecule has 12 heteroatoms. The van der Waals surface area contributed by atoms with Crippen LogP contribution < -0.4 is 0 Å². The van der Waals surface area contributed by atoms with Gasteiger partial charge in [-0.1, -0.05) is 12.1 Å². The van der Waals surface area contributed by atoms with Gasteiger partial charge in [-0.2, -0.15) is 0 Å². The average molecular weight is 432 g/mol. The molecule has 0 bridgehead atoms. The van der Waals surface area contributed by atoms with Gasteiger partial charge in [0.25, 0.3) is 0 Å². The van der Waals surface area contributed by atoms with Crippen molar-refractivity contribution in [2.24, 2.45) is 0 Å². The second kappa shape index (κ2) is 8.96. The summed E-state index contributed by atoms with van der Waals surface area (Å²) < 4.78 is 51.6. The highest BCUT2D eigenvalue weighted by molar-refractivity contribution is 7.49. The van der Waals surface area contributed by atoms with E-state index in [2.05, 4.69) is 18.1 Å². The third kappa shape index (κ3) is 5.05. The molecule has 2 aromatic carbocycles. The van der Waals surface area contributed by atoms with E-state index in [1.807, 2.05) is 0 Å². The summed E-state index contributed by atoms with van der Waals surface area (Å²) in [5.41, 5.74) is 0.195. The van der Waals surface area contributed by atoms with Crippen molar-refractivity contribution < 1.29 is 45.9 Å². The molecular formula is C16H18O10P2. The van der Waals surface area contributed by atoms with Gasteiger partial charge < -0.3 is 9.05 Å². The Morgan fingerprint density at radius 3 is 1.25 bits per heavy atom. The summed E-state index contributed by atoms with van der Waals surface area (Å²) in [6.45, 7) is 0. The summed E-state index contributed by atoms with van der Waals surface area (Å²) in [4.78, 5) is 24.3. The average Bonchev–Trinajstić information content (AvgIpc) is 2.72. The van der Waals surface area contributed by atoms with Crippen LogP contribution in [0.1, 0.15) is 20.7 Å². The molecule has 0 saturated heterocycles. The van der Waals surface area contributed by atoms with Crippen molar-refractivity contribution in [2.45, 2.75) is 0 Å². The molecule has 28 heavy (non-hydrogen) atoms. The van der Waals surface area contributed by atoms with Crippen LogP contribution in [-0.2, 0) is 36.3 Å². The zero-order chi connectivity index (χ0) is 20.9. The minimum atomic E-state index is -3.97. The van der Waals surface area contributed by atoms with Crippen molar-refractivity contribution in [2.75, 3.05) is 28.4 Å². The van der Waals surface area contributed by atoms with E-state index in [1.165, 1.54) is 24.3 Å². The molecule has 0 fully saturated rings. The van der Waals surface area contributed by atoms with Crippen LogP contribution in [0, 0.1) is 0 Å². The number of rotatable bonds is 8. The lowest BCUT2D eigenvalue weighted by Crippen LogP contribution is -2.06. The standard InChI is InChI=1S/C16H18O10P2/c1-21-27(19,22-2)25-15(17)13-7-5-12-10-14(8-6-11(12)9-13)16(18)26-28(20,23-3)24-4/h5-10H,1-4H3. The molecule has 2 aromatic rings. The molecule has 10 nitrogen and oxygen atoms in total. The lowest BCUT2D eigenvalue weighted by Gasteiger charge is -2.13. The van der Waals surface area contributed by atoms with Crippen molar-refractivity contribution >= 4 is 38.4 Å². The molecule has 0 N–H and O–H groups in total. The van der Waals surface area contributed by atoms with E-state index in [-0.39, 0.29) is 11.1 Å². The first kappa shape index (κ1) is 22.2. The van der Waals surface area contributed by atoms with E-state index in [1.54, 1.807) is 12.1 Å². The molecule has 152 valence electrons. The third-order valence-corrected chi connectivity index (χ3v) is 6.16. The van der Waals surface area contributed by atoms with Crippen LogP contribution in [0.5, 0.6) is 0 Å². The predicted molar refractivity (Wildman–Crippen MR) is 98.0 cm³/mol. The largest absolute Gasteiger partial charge is 0.531 e. The number of hydrogen-bond acceptors (Lipinski definition) is 10. The van der Waals surface area contributed by atoms with Crippen molar-refractivity contribution in [3.05, 3.63) is 47.5 Å². The monoisotopic (exact) mass is 432 g/mol. The van der Waals surface area contributed by atoms with Gasteiger partial charge >= 0.3 is 27.6 Å². The highest BCUT2D eigenvalue weighted by Crippen LogP contribution is 2.49. The SMILES string of the molecule is COP(=O)(OC)OC(=O)c1ccc2cc(C(=O)OP(=O)(OC)OC)ccc2c1. The molecule has 0 aliphatic rings. The highest BCUT2D eigenvalue weighted by atomic mass is 31.2. The molecular weight excluding hydrogens is 414 g/mol. The first-order valence-electron chi connectivity index (χ1n) is 7.64. The Morgan fingerprint density at radius 2 is 0.964 bits per heavy atom. The van der Waals surface area contributed by atoms with Crippen LogP contribution in [0.15, 0.2) is 36.4 Å². The van der Waals surface area contributed by atoms with Crippen LogP contribution in [0.2, 0.25) is 0 Å². The molecule has 0 spiro atoms. The summed E-state index contributed by atoms with van der Waals surface area (Å²) >= 11 is 0. The fraction of sp³-hybridized carbons (Fsp3) is 0.250. The maximum atomic E-state index is 12.1. The smallest absolute Gasteiger partial charge is 0.367 e. The van der Waals surface area contributed by atoms with Gasteiger partial charge in [-0.25, -0.2) is 18.7 Å². The Bertz CT molecular complexity index is 891. The number of fused-ring (bicyclic) bond motifs is 1. The van der Waals surface area contributed by atoms with Crippen molar-refractivity contribution in [3.63, 3.8) is 0 Å². The predicted octanol–water partition coefficient (Wildman–Crippen LogP) is 3.96. The maximum absolute atomic E-state index is 12.1. The lowest BCUT2D eigenvalue weighted by molar-refractivity contribution is 0.0627. The first-order valence-corrected chi connectivity index (χ1v) is 10.6. The van der Waals surface area contributed by atoms with Crippen molar-refractivity contribution in [1.82, 2.24) is 0 Å². The van der Waals surface area contributed by atoms with Gasteiger partial charge in [-0.15, -0.1) is 0 Å². The number of carbonyl (C=O) groups excluding carboxylic acids is 2. The number of hydrogen-bond donors (Lipinski definition) is 0. The Morgan fingerprint density at radius 1 is 0.643 bits per heavy atom. The molecule has 2 rings (SSSR count). The van der Waals surface area contributed by atoms with E-state index in [9.17, 15) is 18.7 Å². The summed E-state index contributed by atoms with van der Waals surface area (Å²) in [5, 5.41) is 1.16.